The third-order valence-electron chi connectivity index (χ3n) is 3.21. The van der Waals surface area contributed by atoms with Crippen molar-refractivity contribution in [3.8, 4) is 0 Å². The van der Waals surface area contributed by atoms with E-state index < -0.39 is 0 Å². The molecule has 0 radical (unpaired) electrons. The molecule has 4 nitrogen and oxygen atoms in total. The van der Waals surface area contributed by atoms with Crippen LogP contribution in [0.3, 0.4) is 0 Å². The maximum atomic E-state index is 5.16. The highest BCUT2D eigenvalue weighted by atomic mass is 32.1. The van der Waals surface area contributed by atoms with Gasteiger partial charge in [-0.05, 0) is 41.8 Å². The molecule has 1 aromatic heterocycles. The summed E-state index contributed by atoms with van der Waals surface area (Å²) < 4.78 is 10.3. The second kappa shape index (κ2) is 12.3. The molecule has 0 spiro atoms. The Kier molecular flexibility index (Phi) is 10.8. The Balaban J connectivity index is 2.06. The lowest BCUT2D eigenvalue weighted by Crippen LogP contribution is -2.36. The SMILES string of the molecule is COCCCN(CCNCCc1ccsc1)CCOC. The zero-order valence-corrected chi connectivity index (χ0v) is 13.6. The molecule has 20 heavy (non-hydrogen) atoms. The van der Waals surface area contributed by atoms with E-state index in [1.807, 2.05) is 0 Å². The number of ether oxygens (including phenoxy) is 2. The molecule has 0 aliphatic heterocycles. The first-order valence-corrected chi connectivity index (χ1v) is 8.23. The molecule has 0 unspecified atom stereocenters. The van der Waals surface area contributed by atoms with Crippen LogP contribution < -0.4 is 5.32 Å². The van der Waals surface area contributed by atoms with E-state index in [-0.39, 0.29) is 0 Å². The van der Waals surface area contributed by atoms with Crippen LogP contribution in [0.2, 0.25) is 0 Å². The number of nitrogens with one attached hydrogen (secondary N) is 1. The van der Waals surface area contributed by atoms with E-state index in [4.69, 9.17) is 9.47 Å². The van der Waals surface area contributed by atoms with Gasteiger partial charge in [0.25, 0.3) is 0 Å². The summed E-state index contributed by atoms with van der Waals surface area (Å²) in [6.45, 7) is 6.83. The lowest BCUT2D eigenvalue weighted by Gasteiger charge is -2.22. The molecule has 0 fully saturated rings. The molecule has 5 heteroatoms. The van der Waals surface area contributed by atoms with Crippen LogP contribution in [0.4, 0.5) is 0 Å². The molecule has 0 saturated heterocycles. The van der Waals surface area contributed by atoms with Crippen molar-refractivity contribution in [2.24, 2.45) is 0 Å². The van der Waals surface area contributed by atoms with E-state index in [0.29, 0.717) is 0 Å². The predicted molar refractivity (Wildman–Crippen MR) is 85.7 cm³/mol. The van der Waals surface area contributed by atoms with E-state index in [9.17, 15) is 0 Å². The molecule has 0 atom stereocenters. The van der Waals surface area contributed by atoms with Crippen LogP contribution in [-0.4, -0.2) is 65.1 Å². The first-order chi connectivity index (χ1) is 9.86. The van der Waals surface area contributed by atoms with Gasteiger partial charge in [-0.1, -0.05) is 0 Å². The molecule has 1 heterocycles. The van der Waals surface area contributed by atoms with Crippen molar-refractivity contribution in [2.75, 3.05) is 60.2 Å². The smallest absolute Gasteiger partial charge is 0.0589 e. The number of nitrogens with zero attached hydrogens (tertiary/aromatic N) is 1. The summed E-state index contributed by atoms with van der Waals surface area (Å²) >= 11 is 1.77. The zero-order chi connectivity index (χ0) is 14.5. The molecule has 0 aromatic carbocycles. The lowest BCUT2D eigenvalue weighted by atomic mass is 10.2. The van der Waals surface area contributed by atoms with Crippen molar-refractivity contribution in [1.82, 2.24) is 10.2 Å². The number of methoxy groups -OCH3 is 2. The van der Waals surface area contributed by atoms with Crippen LogP contribution in [0, 0.1) is 0 Å². The van der Waals surface area contributed by atoms with Crippen LogP contribution in [0.5, 0.6) is 0 Å². The van der Waals surface area contributed by atoms with Gasteiger partial charge in [-0.15, -0.1) is 0 Å². The van der Waals surface area contributed by atoms with Gasteiger partial charge in [-0.25, -0.2) is 0 Å². The summed E-state index contributed by atoms with van der Waals surface area (Å²) in [6, 6.07) is 2.20. The van der Waals surface area contributed by atoms with Crippen molar-refractivity contribution >= 4 is 11.3 Å². The molecular formula is C15H28N2O2S. The summed E-state index contributed by atoms with van der Waals surface area (Å²) in [6.07, 6.45) is 2.19. The molecule has 0 aliphatic carbocycles. The Bertz CT molecular complexity index is 307. The molecule has 0 amide bonds. The van der Waals surface area contributed by atoms with Crippen molar-refractivity contribution < 1.29 is 9.47 Å². The Morgan fingerprint density at radius 3 is 2.65 bits per heavy atom. The van der Waals surface area contributed by atoms with Gasteiger partial charge in [-0.3, -0.25) is 4.90 Å². The Morgan fingerprint density at radius 2 is 1.95 bits per heavy atom. The highest BCUT2D eigenvalue weighted by molar-refractivity contribution is 7.07. The van der Waals surface area contributed by atoms with Crippen molar-refractivity contribution in [3.05, 3.63) is 22.4 Å². The first-order valence-electron chi connectivity index (χ1n) is 7.29. The monoisotopic (exact) mass is 300 g/mol. The van der Waals surface area contributed by atoms with Crippen LogP contribution in [-0.2, 0) is 15.9 Å². The van der Waals surface area contributed by atoms with Gasteiger partial charge in [0.1, 0.15) is 0 Å². The largest absolute Gasteiger partial charge is 0.385 e. The van der Waals surface area contributed by atoms with Crippen LogP contribution in [0.15, 0.2) is 16.8 Å². The minimum Gasteiger partial charge on any atom is -0.385 e. The number of hydrogen-bond acceptors (Lipinski definition) is 5. The number of rotatable bonds is 13. The summed E-state index contributed by atoms with van der Waals surface area (Å²) in [7, 11) is 3.51. The fourth-order valence-electron chi connectivity index (χ4n) is 2.02. The first kappa shape index (κ1) is 17.6. The zero-order valence-electron chi connectivity index (χ0n) is 12.8. The minimum absolute atomic E-state index is 0.794. The van der Waals surface area contributed by atoms with E-state index in [1.165, 1.54) is 5.56 Å². The van der Waals surface area contributed by atoms with Crippen LogP contribution >= 0.6 is 11.3 Å². The molecule has 0 aliphatic rings. The highest BCUT2D eigenvalue weighted by Crippen LogP contribution is 2.05. The number of hydrogen-bond donors (Lipinski definition) is 1. The highest BCUT2D eigenvalue weighted by Gasteiger charge is 2.04. The van der Waals surface area contributed by atoms with Gasteiger partial charge in [0.15, 0.2) is 0 Å². The molecule has 1 N–H and O–H groups in total. The van der Waals surface area contributed by atoms with Crippen molar-refractivity contribution in [3.63, 3.8) is 0 Å². The van der Waals surface area contributed by atoms with Gasteiger partial charge in [0, 0.05) is 47.0 Å². The van der Waals surface area contributed by atoms with Gasteiger partial charge >= 0.3 is 0 Å². The molecule has 0 bridgehead atoms. The lowest BCUT2D eigenvalue weighted by molar-refractivity contribution is 0.133. The minimum atomic E-state index is 0.794. The van der Waals surface area contributed by atoms with Gasteiger partial charge in [0.05, 0.1) is 6.61 Å². The van der Waals surface area contributed by atoms with E-state index >= 15 is 0 Å². The second-order valence-corrected chi connectivity index (χ2v) is 5.59. The summed E-state index contributed by atoms with van der Waals surface area (Å²) in [5, 5.41) is 7.87. The normalized spacial score (nSPS) is 11.3. The van der Waals surface area contributed by atoms with E-state index in [2.05, 4.69) is 27.0 Å². The van der Waals surface area contributed by atoms with E-state index in [0.717, 1.165) is 58.8 Å². The average molecular weight is 300 g/mol. The average Bonchev–Trinajstić information content (AvgIpc) is 2.97. The summed E-state index contributed by atoms with van der Waals surface area (Å²) in [5.41, 5.74) is 1.43. The third-order valence-corrected chi connectivity index (χ3v) is 3.94. The van der Waals surface area contributed by atoms with Crippen molar-refractivity contribution in [1.29, 1.82) is 0 Å². The summed E-state index contributed by atoms with van der Waals surface area (Å²) in [5.74, 6) is 0. The predicted octanol–water partition coefficient (Wildman–Crippen LogP) is 1.87. The van der Waals surface area contributed by atoms with Gasteiger partial charge in [-0.2, -0.15) is 11.3 Å². The fraction of sp³-hybridized carbons (Fsp3) is 0.733. The summed E-state index contributed by atoms with van der Waals surface area (Å²) in [4.78, 5) is 2.43. The molecular weight excluding hydrogens is 272 g/mol. The molecule has 1 aromatic rings. The van der Waals surface area contributed by atoms with Crippen LogP contribution in [0.25, 0.3) is 0 Å². The topological polar surface area (TPSA) is 33.7 Å². The molecule has 1 rings (SSSR count). The maximum Gasteiger partial charge on any atom is 0.0589 e. The molecule has 116 valence electrons. The van der Waals surface area contributed by atoms with Gasteiger partial charge in [0.2, 0.25) is 0 Å². The quantitative estimate of drug-likeness (QED) is 0.564. The van der Waals surface area contributed by atoms with Crippen molar-refractivity contribution in [2.45, 2.75) is 12.8 Å². The molecule has 0 saturated carbocycles. The Morgan fingerprint density at radius 1 is 1.10 bits per heavy atom. The van der Waals surface area contributed by atoms with E-state index in [1.54, 1.807) is 25.6 Å². The standard InChI is InChI=1S/C15H28N2O2S/c1-18-11-3-8-17(10-12-19-2)9-7-16-6-4-15-5-13-20-14-15/h5,13-14,16H,3-4,6-12H2,1-2H3. The Labute approximate surface area is 127 Å². The fourth-order valence-corrected chi connectivity index (χ4v) is 2.72. The maximum absolute atomic E-state index is 5.16. The second-order valence-electron chi connectivity index (χ2n) is 4.81. The van der Waals surface area contributed by atoms with Gasteiger partial charge < -0.3 is 14.8 Å². The Hall–Kier alpha value is -0.460. The van der Waals surface area contributed by atoms with Crippen LogP contribution in [0.1, 0.15) is 12.0 Å². The number of thiophene rings is 1. The third kappa shape index (κ3) is 8.66.